The van der Waals surface area contributed by atoms with Gasteiger partial charge in [-0.2, -0.15) is 0 Å². The lowest BCUT2D eigenvalue weighted by molar-refractivity contribution is 0.0950. The number of rotatable bonds is 6. The molecule has 28 heavy (non-hydrogen) atoms. The second-order valence-electron chi connectivity index (χ2n) is 5.72. The lowest BCUT2D eigenvalue weighted by Gasteiger charge is -2.10. The smallest absolute Gasteiger partial charge is 0.251 e. The molecule has 0 atom stereocenters. The van der Waals surface area contributed by atoms with Crippen LogP contribution in [0, 0.1) is 12.7 Å². The minimum Gasteiger partial charge on any atom is -0.349 e. The van der Waals surface area contributed by atoms with Crippen LogP contribution in [0.1, 0.15) is 16.1 Å². The first-order chi connectivity index (χ1) is 13.1. The number of aryl methyl sites for hydroxylation is 1. The Kier molecular flexibility index (Phi) is 7.34. The molecule has 0 radical (unpaired) electrons. The second kappa shape index (κ2) is 9.70. The van der Waals surface area contributed by atoms with Gasteiger partial charge < -0.3 is 10.6 Å². The van der Waals surface area contributed by atoms with E-state index >= 15 is 0 Å². The van der Waals surface area contributed by atoms with Gasteiger partial charge in [0.2, 0.25) is 0 Å². The number of benzene rings is 1. The van der Waals surface area contributed by atoms with Crippen LogP contribution in [0.5, 0.6) is 0 Å². The minimum absolute atomic E-state index is 0. The molecule has 3 aromatic rings. The average Bonchev–Trinajstić information content (AvgIpc) is 2.68. The molecule has 9 heteroatoms. The molecule has 0 aliphatic heterocycles. The Hall–Kier alpha value is -3.13. The summed E-state index contributed by atoms with van der Waals surface area (Å²) in [5.74, 6) is -0.278. The summed E-state index contributed by atoms with van der Waals surface area (Å²) in [7, 11) is 0. The maximum Gasteiger partial charge on any atom is 0.251 e. The number of anilines is 2. The van der Waals surface area contributed by atoms with E-state index < -0.39 is 18.4 Å². The van der Waals surface area contributed by atoms with Gasteiger partial charge in [0.05, 0.1) is 5.69 Å². The van der Waals surface area contributed by atoms with Crippen molar-refractivity contribution in [1.82, 2.24) is 20.3 Å². The third kappa shape index (κ3) is 5.20. The van der Waals surface area contributed by atoms with Crippen LogP contribution >= 0.6 is 12.4 Å². The number of alkyl halides is 1. The first-order valence-electron chi connectivity index (χ1n) is 8.23. The fourth-order valence-corrected chi connectivity index (χ4v) is 2.42. The molecular formula is C19H18ClF2N5O. The number of carbonyl (C=O) groups excluding carboxylic acids is 1. The summed E-state index contributed by atoms with van der Waals surface area (Å²) in [6.45, 7) is 1.01. The maximum absolute atomic E-state index is 14.4. The van der Waals surface area contributed by atoms with Gasteiger partial charge in [-0.3, -0.25) is 9.78 Å². The SMILES string of the molecule is Cc1cc(Nc2ccc(C(=O)NCCF)cc2F)nc(-c2cccnc2)n1.Cl. The van der Waals surface area contributed by atoms with Crippen LogP contribution in [0.4, 0.5) is 20.3 Å². The molecule has 0 saturated heterocycles. The number of aromatic nitrogens is 3. The van der Waals surface area contributed by atoms with Crippen molar-refractivity contribution in [3.8, 4) is 11.4 Å². The van der Waals surface area contributed by atoms with Gasteiger partial charge in [-0.25, -0.2) is 18.7 Å². The van der Waals surface area contributed by atoms with Crippen molar-refractivity contribution < 1.29 is 13.6 Å². The topological polar surface area (TPSA) is 79.8 Å². The molecule has 0 aliphatic carbocycles. The Morgan fingerprint density at radius 2 is 2.00 bits per heavy atom. The fourth-order valence-electron chi connectivity index (χ4n) is 2.42. The van der Waals surface area contributed by atoms with Gasteiger partial charge in [0, 0.05) is 41.8 Å². The molecule has 0 fully saturated rings. The van der Waals surface area contributed by atoms with Gasteiger partial charge in [0.15, 0.2) is 5.82 Å². The van der Waals surface area contributed by atoms with Gasteiger partial charge in [-0.05, 0) is 37.3 Å². The lowest BCUT2D eigenvalue weighted by Crippen LogP contribution is -2.25. The lowest BCUT2D eigenvalue weighted by atomic mass is 10.2. The van der Waals surface area contributed by atoms with E-state index in [1.807, 2.05) is 6.07 Å². The molecule has 2 heterocycles. The third-order valence-electron chi connectivity index (χ3n) is 3.65. The van der Waals surface area contributed by atoms with E-state index in [0.29, 0.717) is 17.3 Å². The Labute approximate surface area is 166 Å². The molecule has 146 valence electrons. The van der Waals surface area contributed by atoms with E-state index in [4.69, 9.17) is 0 Å². The van der Waals surface area contributed by atoms with Gasteiger partial charge in [0.25, 0.3) is 5.91 Å². The number of nitrogens with zero attached hydrogens (tertiary/aromatic N) is 3. The number of amides is 1. The Bertz CT molecular complexity index is 956. The molecule has 0 saturated carbocycles. The molecule has 1 aromatic carbocycles. The monoisotopic (exact) mass is 405 g/mol. The van der Waals surface area contributed by atoms with E-state index in [-0.39, 0.29) is 30.2 Å². The van der Waals surface area contributed by atoms with Crippen LogP contribution in [-0.4, -0.2) is 34.1 Å². The van der Waals surface area contributed by atoms with Gasteiger partial charge in [0.1, 0.15) is 18.3 Å². The molecular weight excluding hydrogens is 388 g/mol. The normalized spacial score (nSPS) is 10.1. The standard InChI is InChI=1S/C19H17F2N5O.ClH/c1-12-9-17(26-18(24-12)14-3-2-7-22-11-14)25-16-5-4-13(10-15(16)21)19(27)23-8-6-20;/h2-5,7,9-11H,6,8H2,1H3,(H,23,27)(H,24,25,26);1H. The highest BCUT2D eigenvalue weighted by Gasteiger charge is 2.11. The highest BCUT2D eigenvalue weighted by molar-refractivity contribution is 5.94. The van der Waals surface area contributed by atoms with E-state index in [1.54, 1.807) is 31.5 Å². The zero-order valence-corrected chi connectivity index (χ0v) is 15.8. The predicted molar refractivity (Wildman–Crippen MR) is 105 cm³/mol. The van der Waals surface area contributed by atoms with E-state index in [0.717, 1.165) is 11.6 Å². The zero-order chi connectivity index (χ0) is 19.2. The van der Waals surface area contributed by atoms with Crippen molar-refractivity contribution in [2.75, 3.05) is 18.5 Å². The Morgan fingerprint density at radius 1 is 1.18 bits per heavy atom. The quantitative estimate of drug-likeness (QED) is 0.651. The van der Waals surface area contributed by atoms with Crippen molar-refractivity contribution in [2.24, 2.45) is 0 Å². The number of hydrogen-bond donors (Lipinski definition) is 2. The van der Waals surface area contributed by atoms with Crippen LogP contribution < -0.4 is 10.6 Å². The van der Waals surface area contributed by atoms with Gasteiger partial charge in [-0.1, -0.05) is 0 Å². The Balaban J connectivity index is 0.00000280. The van der Waals surface area contributed by atoms with Crippen LogP contribution in [0.2, 0.25) is 0 Å². The summed E-state index contributed by atoms with van der Waals surface area (Å²) in [6, 6.07) is 9.26. The highest BCUT2D eigenvalue weighted by Crippen LogP contribution is 2.22. The highest BCUT2D eigenvalue weighted by atomic mass is 35.5. The third-order valence-corrected chi connectivity index (χ3v) is 3.65. The first-order valence-corrected chi connectivity index (χ1v) is 8.23. The molecule has 0 spiro atoms. The van der Waals surface area contributed by atoms with Crippen LogP contribution in [0.15, 0.2) is 48.8 Å². The molecule has 1 amide bonds. The number of halogens is 3. The Morgan fingerprint density at radius 3 is 2.68 bits per heavy atom. The van der Waals surface area contributed by atoms with Crippen molar-refractivity contribution >= 4 is 29.8 Å². The summed E-state index contributed by atoms with van der Waals surface area (Å²) >= 11 is 0. The van der Waals surface area contributed by atoms with Crippen molar-refractivity contribution in [3.05, 3.63) is 65.9 Å². The van der Waals surface area contributed by atoms with Crippen LogP contribution in [0.25, 0.3) is 11.4 Å². The van der Waals surface area contributed by atoms with Crippen molar-refractivity contribution in [1.29, 1.82) is 0 Å². The summed E-state index contributed by atoms with van der Waals surface area (Å²) in [6.07, 6.45) is 3.29. The van der Waals surface area contributed by atoms with Crippen LogP contribution in [-0.2, 0) is 0 Å². The summed E-state index contributed by atoms with van der Waals surface area (Å²) in [5.41, 5.74) is 1.72. The molecule has 2 N–H and O–H groups in total. The fraction of sp³-hybridized carbons (Fsp3) is 0.158. The molecule has 0 aliphatic rings. The number of nitrogens with one attached hydrogen (secondary N) is 2. The van der Waals surface area contributed by atoms with Crippen molar-refractivity contribution in [2.45, 2.75) is 6.92 Å². The number of carbonyl (C=O) groups is 1. The van der Waals surface area contributed by atoms with E-state index in [9.17, 15) is 13.6 Å². The van der Waals surface area contributed by atoms with Crippen LogP contribution in [0.3, 0.4) is 0 Å². The van der Waals surface area contributed by atoms with Gasteiger partial charge in [-0.15, -0.1) is 12.4 Å². The minimum atomic E-state index is -0.680. The second-order valence-corrected chi connectivity index (χ2v) is 5.72. The summed E-state index contributed by atoms with van der Waals surface area (Å²) in [4.78, 5) is 24.6. The van der Waals surface area contributed by atoms with Crippen molar-refractivity contribution in [3.63, 3.8) is 0 Å². The molecule has 0 unspecified atom stereocenters. The number of pyridine rings is 1. The molecule has 6 nitrogen and oxygen atoms in total. The van der Waals surface area contributed by atoms with Gasteiger partial charge >= 0.3 is 0 Å². The molecule has 0 bridgehead atoms. The van der Waals surface area contributed by atoms with E-state index in [2.05, 4.69) is 25.6 Å². The largest absolute Gasteiger partial charge is 0.349 e. The van der Waals surface area contributed by atoms with E-state index in [1.165, 1.54) is 12.1 Å². The average molecular weight is 406 g/mol. The zero-order valence-electron chi connectivity index (χ0n) is 14.9. The maximum atomic E-state index is 14.4. The molecule has 3 rings (SSSR count). The summed E-state index contributed by atoms with van der Waals surface area (Å²) in [5, 5.41) is 5.24. The predicted octanol–water partition coefficient (Wildman–Crippen LogP) is 3.85. The molecule has 2 aromatic heterocycles. The first kappa shape index (κ1) is 21.2. The summed E-state index contributed by atoms with van der Waals surface area (Å²) < 4.78 is 26.5. The number of hydrogen-bond acceptors (Lipinski definition) is 5.